The summed E-state index contributed by atoms with van der Waals surface area (Å²) in [6, 6.07) is 9.83. The van der Waals surface area contributed by atoms with Crippen LogP contribution in [-0.4, -0.2) is 64.8 Å². The van der Waals surface area contributed by atoms with Gasteiger partial charge in [0.25, 0.3) is 5.91 Å². The Kier molecular flexibility index (Phi) is 5.46. The van der Waals surface area contributed by atoms with Crippen LogP contribution < -0.4 is 4.90 Å². The number of benzene rings is 1. The normalized spacial score (nSPS) is 14.2. The first kappa shape index (κ1) is 17.8. The van der Waals surface area contributed by atoms with Crippen molar-refractivity contribution in [3.63, 3.8) is 0 Å². The molecule has 0 aliphatic carbocycles. The standard InChI is InChI=1S/C19H23N5O2/c1-15(25)23-8-10-24(11-9-23)18-13-20-17(12-21-18)19(26)22(2)14-16-6-4-3-5-7-16/h3-7,12-13H,8-11,14H2,1-2H3. The summed E-state index contributed by atoms with van der Waals surface area (Å²) >= 11 is 0. The highest BCUT2D eigenvalue weighted by molar-refractivity contribution is 5.91. The molecule has 1 aromatic carbocycles. The van der Waals surface area contributed by atoms with Crippen LogP contribution in [0.3, 0.4) is 0 Å². The van der Waals surface area contributed by atoms with Gasteiger partial charge in [0.2, 0.25) is 5.91 Å². The fraction of sp³-hybridized carbons (Fsp3) is 0.368. The van der Waals surface area contributed by atoms with Gasteiger partial charge in [0.1, 0.15) is 11.5 Å². The zero-order valence-electron chi connectivity index (χ0n) is 15.1. The number of anilines is 1. The van der Waals surface area contributed by atoms with Crippen LogP contribution in [0.4, 0.5) is 5.82 Å². The summed E-state index contributed by atoms with van der Waals surface area (Å²) in [6.07, 6.45) is 3.16. The van der Waals surface area contributed by atoms with E-state index in [-0.39, 0.29) is 11.8 Å². The maximum atomic E-state index is 12.5. The van der Waals surface area contributed by atoms with Crippen LogP contribution in [0, 0.1) is 0 Å². The van der Waals surface area contributed by atoms with Gasteiger partial charge in [-0.15, -0.1) is 0 Å². The van der Waals surface area contributed by atoms with Crippen molar-refractivity contribution in [2.45, 2.75) is 13.5 Å². The van der Waals surface area contributed by atoms with Gasteiger partial charge in [-0.05, 0) is 5.56 Å². The Morgan fingerprint density at radius 2 is 1.73 bits per heavy atom. The Balaban J connectivity index is 1.60. The topological polar surface area (TPSA) is 69.6 Å². The second kappa shape index (κ2) is 7.95. The third kappa shape index (κ3) is 4.17. The molecule has 7 heteroatoms. The van der Waals surface area contributed by atoms with Crippen molar-refractivity contribution < 1.29 is 9.59 Å². The lowest BCUT2D eigenvalue weighted by molar-refractivity contribution is -0.129. The fourth-order valence-electron chi connectivity index (χ4n) is 2.97. The first-order valence-corrected chi connectivity index (χ1v) is 8.66. The minimum absolute atomic E-state index is 0.0955. The Hall–Kier alpha value is -2.96. The zero-order valence-corrected chi connectivity index (χ0v) is 15.1. The van der Waals surface area contributed by atoms with Gasteiger partial charge in [-0.25, -0.2) is 9.97 Å². The van der Waals surface area contributed by atoms with Crippen molar-refractivity contribution in [1.29, 1.82) is 0 Å². The van der Waals surface area contributed by atoms with Gasteiger partial charge in [-0.2, -0.15) is 0 Å². The lowest BCUT2D eigenvalue weighted by Gasteiger charge is -2.34. The molecular weight excluding hydrogens is 330 g/mol. The lowest BCUT2D eigenvalue weighted by Crippen LogP contribution is -2.48. The number of nitrogens with zero attached hydrogens (tertiary/aromatic N) is 5. The molecule has 7 nitrogen and oxygen atoms in total. The van der Waals surface area contributed by atoms with E-state index in [1.807, 2.05) is 35.2 Å². The highest BCUT2D eigenvalue weighted by Crippen LogP contribution is 2.13. The number of rotatable bonds is 4. The molecule has 136 valence electrons. The molecule has 1 fully saturated rings. The molecule has 0 atom stereocenters. The van der Waals surface area contributed by atoms with E-state index in [1.54, 1.807) is 25.1 Å². The van der Waals surface area contributed by atoms with Gasteiger partial charge in [0.05, 0.1) is 12.4 Å². The molecule has 2 aromatic rings. The molecule has 0 spiro atoms. The number of hydrogen-bond acceptors (Lipinski definition) is 5. The van der Waals surface area contributed by atoms with E-state index in [0.29, 0.717) is 25.3 Å². The monoisotopic (exact) mass is 353 g/mol. The van der Waals surface area contributed by atoms with E-state index in [2.05, 4.69) is 14.9 Å². The van der Waals surface area contributed by atoms with Gasteiger partial charge < -0.3 is 14.7 Å². The van der Waals surface area contributed by atoms with Crippen molar-refractivity contribution in [3.8, 4) is 0 Å². The van der Waals surface area contributed by atoms with Gasteiger partial charge in [0, 0.05) is 46.7 Å². The molecule has 1 aliphatic rings. The molecule has 0 unspecified atom stereocenters. The average molecular weight is 353 g/mol. The SMILES string of the molecule is CC(=O)N1CCN(c2cnc(C(=O)N(C)Cc3ccccc3)cn2)CC1. The van der Waals surface area contributed by atoms with E-state index in [0.717, 1.165) is 24.5 Å². The van der Waals surface area contributed by atoms with E-state index in [4.69, 9.17) is 0 Å². The van der Waals surface area contributed by atoms with E-state index >= 15 is 0 Å². The van der Waals surface area contributed by atoms with Crippen LogP contribution in [0.5, 0.6) is 0 Å². The minimum Gasteiger partial charge on any atom is -0.352 e. The summed E-state index contributed by atoms with van der Waals surface area (Å²) in [5.41, 5.74) is 1.39. The third-order valence-corrected chi connectivity index (χ3v) is 4.52. The number of amides is 2. The van der Waals surface area contributed by atoms with Crippen LogP contribution in [0.15, 0.2) is 42.7 Å². The predicted molar refractivity (Wildman–Crippen MR) is 98.7 cm³/mol. The largest absolute Gasteiger partial charge is 0.352 e. The molecular formula is C19H23N5O2. The smallest absolute Gasteiger partial charge is 0.274 e. The summed E-state index contributed by atoms with van der Waals surface area (Å²) in [7, 11) is 1.76. The van der Waals surface area contributed by atoms with Gasteiger partial charge in [-0.3, -0.25) is 9.59 Å². The third-order valence-electron chi connectivity index (χ3n) is 4.52. The Morgan fingerprint density at radius 3 is 2.31 bits per heavy atom. The number of carbonyl (C=O) groups excluding carboxylic acids is 2. The second-order valence-corrected chi connectivity index (χ2v) is 6.40. The molecule has 1 saturated heterocycles. The number of carbonyl (C=O) groups is 2. The molecule has 0 bridgehead atoms. The molecule has 2 heterocycles. The summed E-state index contributed by atoms with van der Waals surface area (Å²) in [5, 5.41) is 0. The van der Waals surface area contributed by atoms with E-state index in [1.165, 1.54) is 6.20 Å². The van der Waals surface area contributed by atoms with Crippen LogP contribution in [0.2, 0.25) is 0 Å². The molecule has 0 N–H and O–H groups in total. The number of hydrogen-bond donors (Lipinski definition) is 0. The van der Waals surface area contributed by atoms with Crippen molar-refractivity contribution in [1.82, 2.24) is 19.8 Å². The summed E-state index contributed by atoms with van der Waals surface area (Å²) < 4.78 is 0. The van der Waals surface area contributed by atoms with Gasteiger partial charge in [0.15, 0.2) is 0 Å². The first-order valence-electron chi connectivity index (χ1n) is 8.66. The minimum atomic E-state index is -0.158. The fourth-order valence-corrected chi connectivity index (χ4v) is 2.97. The Labute approximate surface area is 153 Å². The number of piperazine rings is 1. The molecule has 1 aromatic heterocycles. The molecule has 3 rings (SSSR count). The predicted octanol–water partition coefficient (Wildman–Crippen LogP) is 1.42. The highest BCUT2D eigenvalue weighted by atomic mass is 16.2. The summed E-state index contributed by atoms with van der Waals surface area (Å²) in [5.74, 6) is 0.669. The lowest BCUT2D eigenvalue weighted by atomic mass is 10.2. The average Bonchev–Trinajstić information content (AvgIpc) is 2.68. The first-order chi connectivity index (χ1) is 12.5. The maximum Gasteiger partial charge on any atom is 0.274 e. The summed E-state index contributed by atoms with van der Waals surface area (Å²) in [4.78, 5) is 38.1. The van der Waals surface area contributed by atoms with Crippen LogP contribution in [0.1, 0.15) is 23.0 Å². The quantitative estimate of drug-likeness (QED) is 0.831. The van der Waals surface area contributed by atoms with Crippen LogP contribution in [0.25, 0.3) is 0 Å². The summed E-state index contributed by atoms with van der Waals surface area (Å²) in [6.45, 7) is 4.90. The maximum absolute atomic E-state index is 12.5. The highest BCUT2D eigenvalue weighted by Gasteiger charge is 2.20. The van der Waals surface area contributed by atoms with Crippen LogP contribution in [-0.2, 0) is 11.3 Å². The zero-order chi connectivity index (χ0) is 18.5. The molecule has 0 radical (unpaired) electrons. The van der Waals surface area contributed by atoms with Gasteiger partial charge >= 0.3 is 0 Å². The van der Waals surface area contributed by atoms with Crippen molar-refractivity contribution >= 4 is 17.6 Å². The number of aromatic nitrogens is 2. The molecule has 1 aliphatic heterocycles. The molecule has 26 heavy (non-hydrogen) atoms. The van der Waals surface area contributed by atoms with Crippen molar-refractivity contribution in [2.75, 3.05) is 38.1 Å². The van der Waals surface area contributed by atoms with Crippen molar-refractivity contribution in [2.24, 2.45) is 0 Å². The van der Waals surface area contributed by atoms with E-state index < -0.39 is 0 Å². The molecule has 0 saturated carbocycles. The van der Waals surface area contributed by atoms with Crippen LogP contribution >= 0.6 is 0 Å². The Morgan fingerprint density at radius 1 is 1.04 bits per heavy atom. The molecule has 2 amide bonds. The second-order valence-electron chi connectivity index (χ2n) is 6.40. The van der Waals surface area contributed by atoms with Gasteiger partial charge in [-0.1, -0.05) is 30.3 Å². The van der Waals surface area contributed by atoms with Crippen molar-refractivity contribution in [3.05, 3.63) is 54.0 Å². The Bertz CT molecular complexity index is 755. The van der Waals surface area contributed by atoms with E-state index in [9.17, 15) is 9.59 Å².